The molecule has 2 N–H and O–H groups in total. The molecule has 0 spiro atoms. The van der Waals surface area contributed by atoms with Gasteiger partial charge in [-0.1, -0.05) is 40.7 Å². The Hall–Kier alpha value is 0.230. The lowest BCUT2D eigenvalue weighted by atomic mass is 10.5. The molecule has 1 nitrogen and oxygen atoms in total. The van der Waals surface area contributed by atoms with Gasteiger partial charge < -0.3 is 5.73 Å². The van der Waals surface area contributed by atoms with Crippen LogP contribution in [-0.2, 0) is 0 Å². The van der Waals surface area contributed by atoms with E-state index < -0.39 is 3.79 Å². The lowest BCUT2D eigenvalue weighted by molar-refractivity contribution is 1.11. The molecule has 0 heterocycles. The molecule has 8 heavy (non-hydrogen) atoms. The number of hydrogen-bond donors (Lipinski definition) is 1. The summed E-state index contributed by atoms with van der Waals surface area (Å²) in [7, 11) is 0. The summed E-state index contributed by atoms with van der Waals surface area (Å²) in [6, 6.07) is 2.12. The molecular formula is C4H4Cl3N. The fourth-order valence-electron chi connectivity index (χ4n) is 0.151. The quantitative estimate of drug-likeness (QED) is 0.336. The van der Waals surface area contributed by atoms with E-state index in [0.717, 1.165) is 0 Å². The topological polar surface area (TPSA) is 26.0 Å². The van der Waals surface area contributed by atoms with Crippen molar-refractivity contribution < 1.29 is 0 Å². The predicted octanol–water partition coefficient (Wildman–Crippen LogP) is 1.67. The first-order chi connectivity index (χ1) is 3.56. The molecule has 0 bridgehead atoms. The van der Waals surface area contributed by atoms with E-state index in [2.05, 4.69) is 12.0 Å². The second kappa shape index (κ2) is 3.29. The number of rotatable bonds is 0. The van der Waals surface area contributed by atoms with E-state index in [-0.39, 0.29) is 6.42 Å². The van der Waals surface area contributed by atoms with Crippen LogP contribution in [0.15, 0.2) is 0 Å². The first kappa shape index (κ1) is 8.23. The summed E-state index contributed by atoms with van der Waals surface area (Å²) in [6.07, 6.45) is 0.175. The van der Waals surface area contributed by atoms with E-state index in [0.29, 0.717) is 0 Å². The number of hydrogen-bond acceptors (Lipinski definition) is 1. The van der Waals surface area contributed by atoms with Crippen LogP contribution in [0.4, 0.5) is 0 Å². The van der Waals surface area contributed by atoms with Crippen LogP contribution in [0.2, 0.25) is 0 Å². The Labute approximate surface area is 63.1 Å². The SMILES string of the molecule is NC#CCC(Cl)(Cl)Cl. The smallest absolute Gasteiger partial charge is 0.201 e. The van der Waals surface area contributed by atoms with Crippen molar-refractivity contribution in [2.45, 2.75) is 10.2 Å². The van der Waals surface area contributed by atoms with E-state index in [9.17, 15) is 0 Å². The molecule has 0 aliphatic rings. The lowest BCUT2D eigenvalue weighted by Gasteiger charge is -2.02. The molecule has 0 saturated carbocycles. The summed E-state index contributed by atoms with van der Waals surface area (Å²) in [6.45, 7) is 0. The molecule has 0 aliphatic carbocycles. The van der Waals surface area contributed by atoms with E-state index in [1.54, 1.807) is 0 Å². The molecule has 0 radical (unpaired) electrons. The van der Waals surface area contributed by atoms with Crippen molar-refractivity contribution in [3.05, 3.63) is 0 Å². The average Bonchev–Trinajstić information content (AvgIpc) is 1.59. The number of halogens is 3. The van der Waals surface area contributed by atoms with E-state index >= 15 is 0 Å². The Balaban J connectivity index is 3.50. The molecule has 0 saturated heterocycles. The van der Waals surface area contributed by atoms with Gasteiger partial charge in [0.1, 0.15) is 0 Å². The second-order valence-corrected chi connectivity index (χ2v) is 3.63. The third kappa shape index (κ3) is 6.23. The third-order valence-corrected chi connectivity index (χ3v) is 0.792. The van der Waals surface area contributed by atoms with Crippen molar-refractivity contribution in [1.82, 2.24) is 0 Å². The molecule has 0 unspecified atom stereocenters. The van der Waals surface area contributed by atoms with Gasteiger partial charge in [0.05, 0.1) is 6.42 Å². The summed E-state index contributed by atoms with van der Waals surface area (Å²) in [5.74, 6) is 2.42. The zero-order valence-electron chi connectivity index (χ0n) is 3.92. The van der Waals surface area contributed by atoms with Gasteiger partial charge in [-0.3, -0.25) is 0 Å². The molecule has 0 aliphatic heterocycles. The summed E-state index contributed by atoms with van der Waals surface area (Å²) in [5, 5.41) is 0. The Bertz CT molecular complexity index is 115. The highest BCUT2D eigenvalue weighted by molar-refractivity contribution is 6.67. The molecule has 4 heteroatoms. The Kier molecular flexibility index (Phi) is 3.39. The molecule has 46 valence electrons. The van der Waals surface area contributed by atoms with Crippen molar-refractivity contribution in [2.24, 2.45) is 5.73 Å². The van der Waals surface area contributed by atoms with Crippen molar-refractivity contribution >= 4 is 34.8 Å². The Morgan fingerprint density at radius 2 is 1.88 bits per heavy atom. The van der Waals surface area contributed by atoms with Crippen molar-refractivity contribution in [3.8, 4) is 12.0 Å². The van der Waals surface area contributed by atoms with Gasteiger partial charge in [0.2, 0.25) is 3.79 Å². The number of nitrogens with two attached hydrogens (primary N) is 1. The summed E-state index contributed by atoms with van der Waals surface area (Å²) >= 11 is 15.9. The van der Waals surface area contributed by atoms with Crippen LogP contribution in [-0.4, -0.2) is 3.79 Å². The van der Waals surface area contributed by atoms with Gasteiger partial charge in [0.25, 0.3) is 0 Å². The summed E-state index contributed by atoms with van der Waals surface area (Å²) < 4.78 is -1.29. The summed E-state index contributed by atoms with van der Waals surface area (Å²) in [4.78, 5) is 0. The molecular weight excluding hydrogens is 168 g/mol. The molecule has 0 rings (SSSR count). The van der Waals surface area contributed by atoms with Gasteiger partial charge in [0, 0.05) is 6.04 Å². The lowest BCUT2D eigenvalue weighted by Crippen LogP contribution is -1.98. The van der Waals surface area contributed by atoms with E-state index in [4.69, 9.17) is 40.5 Å². The normalized spacial score (nSPS) is 9.88. The van der Waals surface area contributed by atoms with Crippen LogP contribution in [0.5, 0.6) is 0 Å². The fourth-order valence-corrected chi connectivity index (χ4v) is 0.352. The van der Waals surface area contributed by atoms with Crippen LogP contribution in [0.25, 0.3) is 0 Å². The van der Waals surface area contributed by atoms with Gasteiger partial charge >= 0.3 is 0 Å². The zero-order valence-corrected chi connectivity index (χ0v) is 6.19. The minimum absolute atomic E-state index is 0.175. The average molecular weight is 172 g/mol. The molecule has 0 amide bonds. The largest absolute Gasteiger partial charge is 0.359 e. The first-order valence-electron chi connectivity index (χ1n) is 1.81. The van der Waals surface area contributed by atoms with Crippen LogP contribution < -0.4 is 5.73 Å². The maximum absolute atomic E-state index is 5.28. The highest BCUT2D eigenvalue weighted by Gasteiger charge is 2.16. The first-order valence-corrected chi connectivity index (χ1v) is 2.95. The van der Waals surface area contributed by atoms with Gasteiger partial charge in [-0.15, -0.1) is 0 Å². The summed E-state index contributed by atoms with van der Waals surface area (Å²) in [5.41, 5.74) is 4.80. The van der Waals surface area contributed by atoms with Crippen LogP contribution in [0, 0.1) is 12.0 Å². The minimum Gasteiger partial charge on any atom is -0.359 e. The van der Waals surface area contributed by atoms with Crippen LogP contribution >= 0.6 is 34.8 Å². The third-order valence-electron chi connectivity index (χ3n) is 0.391. The van der Waals surface area contributed by atoms with Crippen molar-refractivity contribution in [3.63, 3.8) is 0 Å². The van der Waals surface area contributed by atoms with Gasteiger partial charge in [0.15, 0.2) is 0 Å². The van der Waals surface area contributed by atoms with Crippen LogP contribution in [0.3, 0.4) is 0 Å². The maximum Gasteiger partial charge on any atom is 0.201 e. The molecule has 0 fully saturated rings. The van der Waals surface area contributed by atoms with Gasteiger partial charge in [-0.25, -0.2) is 0 Å². The molecule has 0 aromatic heterocycles. The standard InChI is InChI=1S/C4H4Cl3N/c5-4(6,7)2-1-3-8/h2,8H2. The second-order valence-electron chi connectivity index (χ2n) is 1.11. The Morgan fingerprint density at radius 1 is 1.38 bits per heavy atom. The molecule has 0 aromatic carbocycles. The highest BCUT2D eigenvalue weighted by Crippen LogP contribution is 2.28. The fraction of sp³-hybridized carbons (Fsp3) is 0.500. The van der Waals surface area contributed by atoms with E-state index in [1.165, 1.54) is 0 Å². The number of alkyl halides is 3. The monoisotopic (exact) mass is 171 g/mol. The predicted molar refractivity (Wildman–Crippen MR) is 36.9 cm³/mol. The minimum atomic E-state index is -1.29. The Morgan fingerprint density at radius 3 is 2.00 bits per heavy atom. The van der Waals surface area contributed by atoms with E-state index in [1.807, 2.05) is 0 Å². The molecule has 0 aromatic rings. The van der Waals surface area contributed by atoms with Crippen molar-refractivity contribution in [2.75, 3.05) is 0 Å². The zero-order chi connectivity index (χ0) is 6.62. The van der Waals surface area contributed by atoms with Crippen molar-refractivity contribution in [1.29, 1.82) is 0 Å². The highest BCUT2D eigenvalue weighted by atomic mass is 35.6. The molecule has 0 atom stereocenters. The maximum atomic E-state index is 5.28. The van der Waals surface area contributed by atoms with Gasteiger partial charge in [-0.05, 0) is 0 Å². The van der Waals surface area contributed by atoms with Crippen LogP contribution in [0.1, 0.15) is 6.42 Å². The van der Waals surface area contributed by atoms with Gasteiger partial charge in [-0.2, -0.15) is 0 Å².